The predicted octanol–water partition coefficient (Wildman–Crippen LogP) is 3.59. The summed E-state index contributed by atoms with van der Waals surface area (Å²) < 4.78 is 0. The van der Waals surface area contributed by atoms with Crippen molar-refractivity contribution in [1.82, 2.24) is 0 Å². The molecule has 2 aromatic carbocycles. The fourth-order valence-corrected chi connectivity index (χ4v) is 2.32. The summed E-state index contributed by atoms with van der Waals surface area (Å²) in [4.78, 5) is 11.9. The van der Waals surface area contributed by atoms with Gasteiger partial charge in [-0.05, 0) is 23.1 Å². The molecule has 1 amide bonds. The van der Waals surface area contributed by atoms with Gasteiger partial charge in [-0.15, -0.1) is 5.10 Å². The molecular formula is C18H17N3O. The topological polar surface area (TPSA) is 53.8 Å². The van der Waals surface area contributed by atoms with Crippen molar-refractivity contribution in [3.05, 3.63) is 65.2 Å². The third-order valence-corrected chi connectivity index (χ3v) is 3.61. The summed E-state index contributed by atoms with van der Waals surface area (Å²) in [6.45, 7) is 4.32. The van der Waals surface area contributed by atoms with Crippen LogP contribution in [0, 0.1) is 0 Å². The molecule has 1 aliphatic rings. The van der Waals surface area contributed by atoms with Crippen LogP contribution in [0.3, 0.4) is 0 Å². The number of carbonyl (C=O) groups is 1. The quantitative estimate of drug-likeness (QED) is 0.682. The number of hydrogen-bond donors (Lipinski definition) is 1. The maximum atomic E-state index is 11.9. The SMILES string of the molecule is CC(C)c1ccc(/C=N/N=C2\C(=O)Nc3ccccc32)cc1. The molecular weight excluding hydrogens is 274 g/mol. The van der Waals surface area contributed by atoms with Gasteiger partial charge < -0.3 is 5.32 Å². The smallest absolute Gasteiger partial charge is 0.276 e. The van der Waals surface area contributed by atoms with Crippen LogP contribution < -0.4 is 5.32 Å². The zero-order valence-corrected chi connectivity index (χ0v) is 12.6. The van der Waals surface area contributed by atoms with E-state index in [0.717, 1.165) is 16.8 Å². The molecule has 4 nitrogen and oxygen atoms in total. The molecule has 0 atom stereocenters. The number of rotatable bonds is 3. The lowest BCUT2D eigenvalue weighted by atomic mass is 10.0. The highest BCUT2D eigenvalue weighted by Gasteiger charge is 2.25. The first-order valence-corrected chi connectivity index (χ1v) is 7.27. The second kappa shape index (κ2) is 5.93. The zero-order valence-electron chi connectivity index (χ0n) is 12.6. The van der Waals surface area contributed by atoms with Crippen molar-refractivity contribution >= 4 is 23.5 Å². The van der Waals surface area contributed by atoms with E-state index in [1.165, 1.54) is 5.56 Å². The van der Waals surface area contributed by atoms with Crippen molar-refractivity contribution in [3.63, 3.8) is 0 Å². The van der Waals surface area contributed by atoms with Crippen LogP contribution in [-0.2, 0) is 4.79 Å². The van der Waals surface area contributed by atoms with Gasteiger partial charge in [-0.25, -0.2) is 0 Å². The Balaban J connectivity index is 1.80. The predicted molar refractivity (Wildman–Crippen MR) is 89.7 cm³/mol. The Bertz CT molecular complexity index is 758. The Morgan fingerprint density at radius 3 is 2.50 bits per heavy atom. The first-order valence-electron chi connectivity index (χ1n) is 7.27. The number of hydrogen-bond acceptors (Lipinski definition) is 3. The highest BCUT2D eigenvalue weighted by molar-refractivity contribution is 6.53. The molecule has 0 radical (unpaired) electrons. The summed E-state index contributed by atoms with van der Waals surface area (Å²) in [6.07, 6.45) is 1.66. The second-order valence-electron chi connectivity index (χ2n) is 5.51. The van der Waals surface area contributed by atoms with Crippen molar-refractivity contribution in [2.45, 2.75) is 19.8 Å². The minimum absolute atomic E-state index is 0.214. The first kappa shape index (κ1) is 14.2. The van der Waals surface area contributed by atoms with Crippen molar-refractivity contribution in [3.8, 4) is 0 Å². The minimum atomic E-state index is -0.214. The molecule has 0 bridgehead atoms. The van der Waals surface area contributed by atoms with Crippen LogP contribution in [0.1, 0.15) is 36.5 Å². The maximum absolute atomic E-state index is 11.9. The van der Waals surface area contributed by atoms with Gasteiger partial charge in [-0.2, -0.15) is 5.10 Å². The molecule has 0 aromatic heterocycles. The molecule has 3 rings (SSSR count). The van der Waals surface area contributed by atoms with Crippen molar-refractivity contribution in [2.75, 3.05) is 5.32 Å². The van der Waals surface area contributed by atoms with E-state index in [-0.39, 0.29) is 5.91 Å². The molecule has 0 unspecified atom stereocenters. The van der Waals surface area contributed by atoms with Crippen LogP contribution in [0.25, 0.3) is 0 Å². The van der Waals surface area contributed by atoms with Gasteiger partial charge in [0.25, 0.3) is 5.91 Å². The van der Waals surface area contributed by atoms with Crippen LogP contribution in [0.15, 0.2) is 58.7 Å². The number of amides is 1. The summed E-state index contributed by atoms with van der Waals surface area (Å²) in [5.41, 5.74) is 4.17. The van der Waals surface area contributed by atoms with E-state index in [4.69, 9.17) is 0 Å². The number of para-hydroxylation sites is 1. The molecule has 1 heterocycles. The van der Waals surface area contributed by atoms with E-state index in [1.807, 2.05) is 36.4 Å². The van der Waals surface area contributed by atoms with Gasteiger partial charge in [0.1, 0.15) is 0 Å². The lowest BCUT2D eigenvalue weighted by Crippen LogP contribution is -2.13. The third-order valence-electron chi connectivity index (χ3n) is 3.61. The van der Waals surface area contributed by atoms with Gasteiger partial charge >= 0.3 is 0 Å². The second-order valence-corrected chi connectivity index (χ2v) is 5.51. The number of benzene rings is 2. The Kier molecular flexibility index (Phi) is 3.83. The molecule has 0 aliphatic carbocycles. The van der Waals surface area contributed by atoms with Crippen LogP contribution in [0.2, 0.25) is 0 Å². The largest absolute Gasteiger partial charge is 0.320 e. The summed E-state index contributed by atoms with van der Waals surface area (Å²) in [7, 11) is 0. The van der Waals surface area contributed by atoms with Crippen LogP contribution in [-0.4, -0.2) is 17.8 Å². The minimum Gasteiger partial charge on any atom is -0.320 e. The molecule has 110 valence electrons. The van der Waals surface area contributed by atoms with E-state index >= 15 is 0 Å². The average molecular weight is 291 g/mol. The van der Waals surface area contributed by atoms with E-state index in [9.17, 15) is 4.79 Å². The van der Waals surface area contributed by atoms with Gasteiger partial charge in [0.15, 0.2) is 5.71 Å². The molecule has 0 saturated heterocycles. The lowest BCUT2D eigenvalue weighted by Gasteiger charge is -2.04. The fraction of sp³-hybridized carbons (Fsp3) is 0.167. The van der Waals surface area contributed by atoms with Crippen molar-refractivity contribution in [2.24, 2.45) is 10.2 Å². The van der Waals surface area contributed by atoms with Crippen LogP contribution in [0.4, 0.5) is 5.69 Å². The van der Waals surface area contributed by atoms with Gasteiger partial charge in [-0.3, -0.25) is 4.79 Å². The van der Waals surface area contributed by atoms with Crippen molar-refractivity contribution < 1.29 is 4.79 Å². The Morgan fingerprint density at radius 2 is 1.77 bits per heavy atom. The normalized spacial score (nSPS) is 15.6. The number of nitrogens with zero attached hydrogens (tertiary/aromatic N) is 2. The number of nitrogens with one attached hydrogen (secondary N) is 1. The molecule has 1 N–H and O–H groups in total. The number of fused-ring (bicyclic) bond motifs is 1. The Hall–Kier alpha value is -2.75. The van der Waals surface area contributed by atoms with E-state index in [1.54, 1.807) is 6.21 Å². The monoisotopic (exact) mass is 291 g/mol. The maximum Gasteiger partial charge on any atom is 0.276 e. The number of carbonyl (C=O) groups excluding carboxylic acids is 1. The third kappa shape index (κ3) is 2.81. The van der Waals surface area contributed by atoms with Crippen molar-refractivity contribution in [1.29, 1.82) is 0 Å². The Labute approximate surface area is 129 Å². The highest BCUT2D eigenvalue weighted by Crippen LogP contribution is 2.22. The summed E-state index contributed by atoms with van der Waals surface area (Å²) >= 11 is 0. The average Bonchev–Trinajstić information content (AvgIpc) is 2.84. The zero-order chi connectivity index (χ0) is 15.5. The van der Waals surface area contributed by atoms with Gasteiger partial charge in [0.05, 0.1) is 11.9 Å². The van der Waals surface area contributed by atoms with Gasteiger partial charge in [0, 0.05) is 5.56 Å². The molecule has 22 heavy (non-hydrogen) atoms. The lowest BCUT2D eigenvalue weighted by molar-refractivity contribution is -0.110. The van der Waals surface area contributed by atoms with Gasteiger partial charge in [-0.1, -0.05) is 56.3 Å². The summed E-state index contributed by atoms with van der Waals surface area (Å²) in [6, 6.07) is 15.6. The molecule has 1 aliphatic heterocycles. The molecule has 4 heteroatoms. The molecule has 0 saturated carbocycles. The van der Waals surface area contributed by atoms with E-state index in [0.29, 0.717) is 11.6 Å². The number of anilines is 1. The van der Waals surface area contributed by atoms with Crippen LogP contribution in [0.5, 0.6) is 0 Å². The van der Waals surface area contributed by atoms with Gasteiger partial charge in [0.2, 0.25) is 0 Å². The molecule has 0 spiro atoms. The van der Waals surface area contributed by atoms with E-state index in [2.05, 4.69) is 41.5 Å². The molecule has 0 fully saturated rings. The Morgan fingerprint density at radius 1 is 1.05 bits per heavy atom. The summed E-state index contributed by atoms with van der Waals surface area (Å²) in [5.74, 6) is 0.290. The van der Waals surface area contributed by atoms with Crippen LogP contribution >= 0.6 is 0 Å². The molecule has 2 aromatic rings. The fourth-order valence-electron chi connectivity index (χ4n) is 2.32. The first-order chi connectivity index (χ1) is 10.6. The highest BCUT2D eigenvalue weighted by atomic mass is 16.2. The summed E-state index contributed by atoms with van der Waals surface area (Å²) in [5, 5.41) is 10.9. The standard InChI is InChI=1S/C18H17N3O/c1-12(2)14-9-7-13(8-10-14)11-19-21-17-15-5-3-4-6-16(15)20-18(17)22/h3-12H,1-2H3,(H,20,21,22)/b19-11+. The van der Waals surface area contributed by atoms with E-state index < -0.39 is 0 Å².